The van der Waals surface area contributed by atoms with Gasteiger partial charge in [0.25, 0.3) is 0 Å². The van der Waals surface area contributed by atoms with Gasteiger partial charge in [-0.25, -0.2) is 0 Å². The smallest absolute Gasteiger partial charge is 0.0713 e. The standard InChI is InChI=1S/C18H15P.CBrCl3/c1-4-10-16(11-5-1)19(17-12-6-2-7-13-17)18-14-8-3-9-15-18;2-1(3,4)5/h1-15H;. The molecule has 124 valence electrons. The molecule has 0 fully saturated rings. The zero-order valence-corrected chi connectivity index (χ0v) is 17.4. The maximum absolute atomic E-state index is 4.98. The van der Waals surface area contributed by atoms with E-state index in [1.165, 1.54) is 15.9 Å². The Balaban J connectivity index is 0.000000368. The van der Waals surface area contributed by atoms with Crippen LogP contribution in [0.4, 0.5) is 0 Å². The predicted molar refractivity (Wildman–Crippen MR) is 114 cm³/mol. The Kier molecular flexibility index (Phi) is 8.07. The lowest BCUT2D eigenvalue weighted by molar-refractivity contribution is 1.74. The third kappa shape index (κ3) is 7.13. The number of halogens is 4. The van der Waals surface area contributed by atoms with Gasteiger partial charge in [-0.05, 0) is 39.8 Å². The fraction of sp³-hybridized carbons (Fsp3) is 0.0526. The van der Waals surface area contributed by atoms with Crippen molar-refractivity contribution in [2.24, 2.45) is 0 Å². The first-order valence-electron chi connectivity index (χ1n) is 7.16. The topological polar surface area (TPSA) is 0 Å². The van der Waals surface area contributed by atoms with Crippen LogP contribution in [0, 0.1) is 0 Å². The number of alkyl halides is 4. The van der Waals surface area contributed by atoms with E-state index in [2.05, 4.69) is 107 Å². The summed E-state index contributed by atoms with van der Waals surface area (Å²) in [4.78, 5) is 0. The third-order valence-corrected chi connectivity index (χ3v) is 5.49. The quantitative estimate of drug-likeness (QED) is 0.325. The van der Waals surface area contributed by atoms with Gasteiger partial charge in [0.2, 0.25) is 2.70 Å². The summed E-state index contributed by atoms with van der Waals surface area (Å²) < 4.78 is -1.27. The first-order valence-corrected chi connectivity index (χ1v) is 10.4. The van der Waals surface area contributed by atoms with Gasteiger partial charge >= 0.3 is 0 Å². The molecular weight excluding hydrogens is 445 g/mol. The van der Waals surface area contributed by atoms with Gasteiger partial charge in [-0.2, -0.15) is 0 Å². The fourth-order valence-electron chi connectivity index (χ4n) is 2.18. The monoisotopic (exact) mass is 458 g/mol. The molecule has 3 aromatic rings. The van der Waals surface area contributed by atoms with Gasteiger partial charge < -0.3 is 0 Å². The Bertz CT molecular complexity index is 616. The highest BCUT2D eigenvalue weighted by Crippen LogP contribution is 2.32. The van der Waals surface area contributed by atoms with Crippen molar-refractivity contribution < 1.29 is 0 Å². The van der Waals surface area contributed by atoms with Crippen LogP contribution in [0.5, 0.6) is 0 Å². The van der Waals surface area contributed by atoms with Gasteiger partial charge in [0.1, 0.15) is 0 Å². The second-order valence-electron chi connectivity index (χ2n) is 4.77. The SMILES string of the molecule is ClC(Cl)(Cl)Br.c1ccc(P(c2ccccc2)c2ccccc2)cc1. The van der Waals surface area contributed by atoms with Crippen LogP contribution in [-0.4, -0.2) is 2.70 Å². The molecule has 0 bridgehead atoms. The van der Waals surface area contributed by atoms with Crippen LogP contribution in [0.25, 0.3) is 0 Å². The first-order chi connectivity index (χ1) is 11.4. The maximum Gasteiger partial charge on any atom is 0.245 e. The third-order valence-electron chi connectivity index (χ3n) is 3.04. The molecule has 0 atom stereocenters. The molecule has 0 aliphatic carbocycles. The van der Waals surface area contributed by atoms with Crippen LogP contribution < -0.4 is 15.9 Å². The summed E-state index contributed by atoms with van der Waals surface area (Å²) >= 11 is 17.6. The van der Waals surface area contributed by atoms with Crippen molar-refractivity contribution in [2.75, 3.05) is 0 Å². The Morgan fingerprint density at radius 2 is 0.750 bits per heavy atom. The Morgan fingerprint density at radius 3 is 0.958 bits per heavy atom. The van der Waals surface area contributed by atoms with Gasteiger partial charge in [0.15, 0.2) is 0 Å². The van der Waals surface area contributed by atoms with Crippen LogP contribution in [-0.2, 0) is 0 Å². The minimum Gasteiger partial charge on any atom is -0.0713 e. The molecule has 0 amide bonds. The van der Waals surface area contributed by atoms with Gasteiger partial charge in [-0.15, -0.1) is 0 Å². The maximum atomic E-state index is 4.98. The number of rotatable bonds is 3. The molecule has 24 heavy (non-hydrogen) atoms. The summed E-state index contributed by atoms with van der Waals surface area (Å²) in [6, 6.07) is 32.3. The summed E-state index contributed by atoms with van der Waals surface area (Å²) in [6.07, 6.45) is 0. The molecule has 5 heteroatoms. The second-order valence-corrected chi connectivity index (χ2v) is 11.8. The van der Waals surface area contributed by atoms with Crippen molar-refractivity contribution in [1.29, 1.82) is 0 Å². The Hall–Kier alpha value is -0.560. The highest BCUT2D eigenvalue weighted by Gasteiger charge is 2.15. The van der Waals surface area contributed by atoms with Crippen molar-refractivity contribution in [2.45, 2.75) is 2.70 Å². The average molecular weight is 461 g/mol. The van der Waals surface area contributed by atoms with E-state index < -0.39 is 10.6 Å². The van der Waals surface area contributed by atoms with Crippen LogP contribution >= 0.6 is 58.7 Å². The minimum atomic E-state index is -1.27. The molecule has 0 N–H and O–H groups in total. The molecule has 0 nitrogen and oxygen atoms in total. The average Bonchev–Trinajstić information content (AvgIpc) is 2.57. The Labute approximate surface area is 167 Å². The van der Waals surface area contributed by atoms with E-state index in [0.717, 1.165) is 0 Å². The lowest BCUT2D eigenvalue weighted by Gasteiger charge is -2.18. The van der Waals surface area contributed by atoms with E-state index in [9.17, 15) is 0 Å². The normalized spacial score (nSPS) is 10.9. The summed E-state index contributed by atoms with van der Waals surface area (Å²) in [6.45, 7) is 0. The lowest BCUT2D eigenvalue weighted by Crippen LogP contribution is -2.20. The van der Waals surface area contributed by atoms with Crippen LogP contribution in [0.1, 0.15) is 0 Å². The number of hydrogen-bond donors (Lipinski definition) is 0. The molecule has 0 heterocycles. The summed E-state index contributed by atoms with van der Waals surface area (Å²) in [5.74, 6) is 0. The van der Waals surface area contributed by atoms with Crippen molar-refractivity contribution in [3.05, 3.63) is 91.0 Å². The predicted octanol–water partition coefficient (Wildman–Crippen LogP) is 6.15. The van der Waals surface area contributed by atoms with Gasteiger partial charge in [-0.3, -0.25) is 0 Å². The number of hydrogen-bond acceptors (Lipinski definition) is 0. The van der Waals surface area contributed by atoms with Crippen molar-refractivity contribution in [3.63, 3.8) is 0 Å². The van der Waals surface area contributed by atoms with Gasteiger partial charge in [0, 0.05) is 0 Å². The fourth-order valence-corrected chi connectivity index (χ4v) is 4.48. The van der Waals surface area contributed by atoms with Crippen molar-refractivity contribution in [3.8, 4) is 0 Å². The largest absolute Gasteiger partial charge is 0.245 e. The molecule has 0 spiro atoms. The highest BCUT2D eigenvalue weighted by molar-refractivity contribution is 9.11. The molecule has 3 rings (SSSR count). The molecule has 0 saturated heterocycles. The molecule has 0 unspecified atom stereocenters. The van der Waals surface area contributed by atoms with E-state index in [0.29, 0.717) is 0 Å². The second kappa shape index (κ2) is 9.80. The molecule has 0 aliphatic heterocycles. The van der Waals surface area contributed by atoms with Crippen molar-refractivity contribution in [1.82, 2.24) is 0 Å². The lowest BCUT2D eigenvalue weighted by atomic mass is 10.4. The van der Waals surface area contributed by atoms with E-state index in [-0.39, 0.29) is 0 Å². The number of benzene rings is 3. The highest BCUT2D eigenvalue weighted by atomic mass is 79.9. The van der Waals surface area contributed by atoms with Gasteiger partial charge in [-0.1, -0.05) is 126 Å². The van der Waals surface area contributed by atoms with E-state index in [4.69, 9.17) is 34.8 Å². The zero-order valence-electron chi connectivity index (χ0n) is 12.6. The summed E-state index contributed by atoms with van der Waals surface area (Å²) in [7, 11) is -0.446. The summed E-state index contributed by atoms with van der Waals surface area (Å²) in [5, 5.41) is 4.19. The van der Waals surface area contributed by atoms with E-state index in [1.807, 2.05) is 0 Å². The Morgan fingerprint density at radius 1 is 0.542 bits per heavy atom. The molecule has 3 aromatic carbocycles. The van der Waals surface area contributed by atoms with E-state index in [1.54, 1.807) is 0 Å². The van der Waals surface area contributed by atoms with Crippen LogP contribution in [0.3, 0.4) is 0 Å². The van der Waals surface area contributed by atoms with Gasteiger partial charge in [0.05, 0.1) is 0 Å². The molecule has 0 saturated carbocycles. The summed E-state index contributed by atoms with van der Waals surface area (Å²) in [5.41, 5.74) is 0. The molecule has 0 radical (unpaired) electrons. The molecule has 0 aliphatic rings. The van der Waals surface area contributed by atoms with E-state index >= 15 is 0 Å². The van der Waals surface area contributed by atoms with Crippen LogP contribution in [0.2, 0.25) is 0 Å². The molecule has 0 aromatic heterocycles. The molecular formula is C19H15BrCl3P. The first kappa shape index (κ1) is 19.8. The van der Waals surface area contributed by atoms with Crippen LogP contribution in [0.15, 0.2) is 91.0 Å². The van der Waals surface area contributed by atoms with Crippen molar-refractivity contribution >= 4 is 74.6 Å². The zero-order chi connectivity index (χ0) is 17.4. The minimum absolute atomic E-state index is 0.446.